The molecule has 1 aromatic carbocycles. The maximum absolute atomic E-state index is 10.4. The zero-order chi connectivity index (χ0) is 12.5. The Bertz CT molecular complexity index is 461. The summed E-state index contributed by atoms with van der Waals surface area (Å²) >= 11 is 5.88. The summed E-state index contributed by atoms with van der Waals surface area (Å²) in [6, 6.07) is 7.51. The Morgan fingerprint density at radius 2 is 2.35 bits per heavy atom. The molecule has 17 heavy (non-hydrogen) atoms. The average Bonchev–Trinajstić information content (AvgIpc) is 2.78. The topological polar surface area (TPSA) is 53.2 Å². The van der Waals surface area contributed by atoms with Crippen molar-refractivity contribution in [1.82, 2.24) is 0 Å². The zero-order valence-corrected chi connectivity index (χ0v) is 10.4. The van der Waals surface area contributed by atoms with Gasteiger partial charge < -0.3 is 9.84 Å². The van der Waals surface area contributed by atoms with E-state index in [0.29, 0.717) is 18.1 Å². The fourth-order valence-electron chi connectivity index (χ4n) is 2.19. The zero-order valence-electron chi connectivity index (χ0n) is 9.61. The molecular formula is C13H14ClNO2. The molecule has 1 saturated heterocycles. The van der Waals surface area contributed by atoms with Crippen LogP contribution in [0.2, 0.25) is 5.02 Å². The van der Waals surface area contributed by atoms with E-state index in [1.807, 2.05) is 6.92 Å². The monoisotopic (exact) mass is 251 g/mol. The van der Waals surface area contributed by atoms with Crippen molar-refractivity contribution < 1.29 is 9.84 Å². The summed E-state index contributed by atoms with van der Waals surface area (Å²) in [4.78, 5) is 0. The summed E-state index contributed by atoms with van der Waals surface area (Å²) in [6.07, 6.45) is -0.264. The molecule has 1 aliphatic heterocycles. The second kappa shape index (κ2) is 4.66. The predicted molar refractivity (Wildman–Crippen MR) is 64.6 cm³/mol. The third kappa shape index (κ3) is 2.16. The van der Waals surface area contributed by atoms with Gasteiger partial charge in [0.15, 0.2) is 0 Å². The largest absolute Gasteiger partial charge is 0.387 e. The highest BCUT2D eigenvalue weighted by atomic mass is 35.5. The summed E-state index contributed by atoms with van der Waals surface area (Å²) in [5.41, 5.74) is 0.825. The van der Waals surface area contributed by atoms with Gasteiger partial charge in [-0.05, 0) is 36.6 Å². The Hall–Kier alpha value is -1.08. The summed E-state index contributed by atoms with van der Waals surface area (Å²) in [7, 11) is 0. The minimum atomic E-state index is -0.827. The highest BCUT2D eigenvalue weighted by Gasteiger charge is 2.43. The molecule has 1 aromatic rings. The Morgan fingerprint density at radius 1 is 1.59 bits per heavy atom. The molecule has 0 spiro atoms. The first-order valence-electron chi connectivity index (χ1n) is 5.52. The molecule has 1 heterocycles. The van der Waals surface area contributed by atoms with Gasteiger partial charge in [-0.1, -0.05) is 17.7 Å². The van der Waals surface area contributed by atoms with Crippen LogP contribution in [0.25, 0.3) is 0 Å². The minimum Gasteiger partial charge on any atom is -0.387 e. The lowest BCUT2D eigenvalue weighted by atomic mass is 9.78. The number of nitriles is 1. The van der Waals surface area contributed by atoms with E-state index >= 15 is 0 Å². The molecule has 2 unspecified atom stereocenters. The highest BCUT2D eigenvalue weighted by molar-refractivity contribution is 6.30. The van der Waals surface area contributed by atoms with Crippen LogP contribution in [0.5, 0.6) is 0 Å². The van der Waals surface area contributed by atoms with E-state index in [1.165, 1.54) is 0 Å². The van der Waals surface area contributed by atoms with E-state index in [2.05, 4.69) is 6.07 Å². The van der Waals surface area contributed by atoms with Crippen LogP contribution >= 0.6 is 11.6 Å². The molecule has 0 saturated carbocycles. The molecule has 0 aromatic heterocycles. The molecule has 1 N–H and O–H groups in total. The number of hydrogen-bond acceptors (Lipinski definition) is 3. The second-order valence-corrected chi connectivity index (χ2v) is 4.91. The number of rotatable bonds is 2. The molecule has 2 atom stereocenters. The smallest absolute Gasteiger partial charge is 0.113 e. The standard InChI is InChI=1S/C13H14ClNO2/c1-9-6-10(14)2-3-11(9)12(16)13(7-15)4-5-17-8-13/h2-3,6,12,16H,4-5,8H2,1H3. The van der Waals surface area contributed by atoms with Crippen LogP contribution in [0.15, 0.2) is 18.2 Å². The number of halogens is 1. The number of aliphatic hydroxyl groups excluding tert-OH is 1. The lowest BCUT2D eigenvalue weighted by Gasteiger charge is -2.26. The SMILES string of the molecule is Cc1cc(Cl)ccc1C(O)C1(C#N)CCOC1. The van der Waals surface area contributed by atoms with Gasteiger partial charge in [0, 0.05) is 11.6 Å². The van der Waals surface area contributed by atoms with Crippen molar-refractivity contribution in [2.75, 3.05) is 13.2 Å². The highest BCUT2D eigenvalue weighted by Crippen LogP contribution is 2.41. The molecule has 90 valence electrons. The van der Waals surface area contributed by atoms with E-state index in [0.717, 1.165) is 11.1 Å². The van der Waals surface area contributed by atoms with Crippen LogP contribution in [-0.2, 0) is 4.74 Å². The van der Waals surface area contributed by atoms with Crippen molar-refractivity contribution in [2.24, 2.45) is 5.41 Å². The van der Waals surface area contributed by atoms with E-state index in [-0.39, 0.29) is 6.61 Å². The van der Waals surface area contributed by atoms with Crippen LogP contribution < -0.4 is 0 Å². The number of nitrogens with zero attached hydrogens (tertiary/aromatic N) is 1. The molecule has 3 nitrogen and oxygen atoms in total. The number of aliphatic hydroxyl groups is 1. The second-order valence-electron chi connectivity index (χ2n) is 4.47. The van der Waals surface area contributed by atoms with Crippen LogP contribution in [0, 0.1) is 23.7 Å². The molecule has 1 fully saturated rings. The van der Waals surface area contributed by atoms with E-state index in [4.69, 9.17) is 16.3 Å². The summed E-state index contributed by atoms with van der Waals surface area (Å²) in [5.74, 6) is 0. The third-order valence-electron chi connectivity index (χ3n) is 3.32. The van der Waals surface area contributed by atoms with Gasteiger partial charge in [-0.3, -0.25) is 0 Å². The van der Waals surface area contributed by atoms with Crippen molar-refractivity contribution in [2.45, 2.75) is 19.4 Å². The minimum absolute atomic E-state index is 0.284. The summed E-state index contributed by atoms with van der Waals surface area (Å²) in [6.45, 7) is 2.69. The maximum Gasteiger partial charge on any atom is 0.113 e. The molecule has 4 heteroatoms. The number of hydrogen-bond donors (Lipinski definition) is 1. The lowest BCUT2D eigenvalue weighted by Crippen LogP contribution is -2.28. The molecule has 0 amide bonds. The van der Waals surface area contributed by atoms with E-state index in [9.17, 15) is 10.4 Å². The van der Waals surface area contributed by atoms with Crippen molar-refractivity contribution in [3.63, 3.8) is 0 Å². The molecular weight excluding hydrogens is 238 g/mol. The fourth-order valence-corrected chi connectivity index (χ4v) is 2.42. The van der Waals surface area contributed by atoms with Crippen molar-refractivity contribution in [3.05, 3.63) is 34.3 Å². The van der Waals surface area contributed by atoms with Crippen LogP contribution in [0.1, 0.15) is 23.7 Å². The first-order chi connectivity index (χ1) is 8.09. The van der Waals surface area contributed by atoms with Gasteiger partial charge in [0.25, 0.3) is 0 Å². The molecule has 0 bridgehead atoms. The average molecular weight is 252 g/mol. The van der Waals surface area contributed by atoms with Crippen molar-refractivity contribution in [1.29, 1.82) is 5.26 Å². The Kier molecular flexibility index (Phi) is 3.39. The Balaban J connectivity index is 2.36. The van der Waals surface area contributed by atoms with Gasteiger partial charge in [0.2, 0.25) is 0 Å². The molecule has 1 aliphatic rings. The quantitative estimate of drug-likeness (QED) is 0.879. The third-order valence-corrected chi connectivity index (χ3v) is 3.56. The maximum atomic E-state index is 10.4. The first kappa shape index (κ1) is 12.4. The lowest BCUT2D eigenvalue weighted by molar-refractivity contribution is 0.0500. The van der Waals surface area contributed by atoms with Gasteiger partial charge in [0.1, 0.15) is 11.5 Å². The Morgan fingerprint density at radius 3 is 2.88 bits per heavy atom. The van der Waals surface area contributed by atoms with Crippen LogP contribution in [-0.4, -0.2) is 18.3 Å². The predicted octanol–water partition coefficient (Wildman–Crippen LogP) is 2.61. The van der Waals surface area contributed by atoms with Gasteiger partial charge in [-0.25, -0.2) is 0 Å². The molecule has 0 aliphatic carbocycles. The van der Waals surface area contributed by atoms with Crippen molar-refractivity contribution >= 4 is 11.6 Å². The normalized spacial score (nSPS) is 25.5. The van der Waals surface area contributed by atoms with Gasteiger partial charge in [0.05, 0.1) is 12.7 Å². The van der Waals surface area contributed by atoms with E-state index in [1.54, 1.807) is 18.2 Å². The molecule has 2 rings (SSSR count). The van der Waals surface area contributed by atoms with Gasteiger partial charge >= 0.3 is 0 Å². The van der Waals surface area contributed by atoms with Gasteiger partial charge in [-0.15, -0.1) is 0 Å². The number of benzene rings is 1. The summed E-state index contributed by atoms with van der Waals surface area (Å²) < 4.78 is 5.25. The first-order valence-corrected chi connectivity index (χ1v) is 5.90. The van der Waals surface area contributed by atoms with Crippen LogP contribution in [0.4, 0.5) is 0 Å². The summed E-state index contributed by atoms with van der Waals surface area (Å²) in [5, 5.41) is 20.3. The Labute approximate surface area is 106 Å². The van der Waals surface area contributed by atoms with Crippen molar-refractivity contribution in [3.8, 4) is 6.07 Å². The molecule has 0 radical (unpaired) electrons. The van der Waals surface area contributed by atoms with Gasteiger partial charge in [-0.2, -0.15) is 5.26 Å². The van der Waals surface area contributed by atoms with E-state index < -0.39 is 11.5 Å². The fraction of sp³-hybridized carbons (Fsp3) is 0.462. The van der Waals surface area contributed by atoms with Crippen LogP contribution in [0.3, 0.4) is 0 Å². The number of ether oxygens (including phenoxy) is 1. The number of aryl methyl sites for hydroxylation is 1.